The molecular formula is C48H81N2O9P. The van der Waals surface area contributed by atoms with Crippen molar-refractivity contribution >= 4 is 36.4 Å². The predicted molar refractivity (Wildman–Crippen MR) is 240 cm³/mol. The summed E-state index contributed by atoms with van der Waals surface area (Å²) in [5.74, 6) is -0.823. The zero-order valence-corrected chi connectivity index (χ0v) is 38.8. The molecule has 342 valence electrons. The van der Waals surface area contributed by atoms with Crippen LogP contribution in [0, 0.1) is 0 Å². The number of hydrogen-bond acceptors (Lipinski definition) is 9. The van der Waals surface area contributed by atoms with Gasteiger partial charge in [-0.15, -0.1) is 0 Å². The molecule has 2 aromatic rings. The number of fused-ring (bicyclic) bond motifs is 1. The Labute approximate surface area is 363 Å². The van der Waals surface area contributed by atoms with Crippen molar-refractivity contribution in [2.75, 3.05) is 54.1 Å². The number of nitrogens with one attached hydrogen (secondary N) is 1. The van der Waals surface area contributed by atoms with Gasteiger partial charge in [-0.05, 0) is 35.6 Å². The third-order valence-electron chi connectivity index (χ3n) is 10.7. The monoisotopic (exact) mass is 861 g/mol. The molecule has 0 heterocycles. The Balaban J connectivity index is 1.57. The highest BCUT2D eigenvalue weighted by Crippen LogP contribution is 2.38. The normalized spacial score (nSPS) is 13.2. The van der Waals surface area contributed by atoms with Crippen molar-refractivity contribution in [2.45, 2.75) is 174 Å². The molecule has 0 aliphatic rings. The first kappa shape index (κ1) is 53.3. The molecule has 0 aromatic heterocycles. The Morgan fingerprint density at radius 1 is 0.650 bits per heavy atom. The number of carbonyl (C=O) groups is 3. The molecule has 2 atom stereocenters. The van der Waals surface area contributed by atoms with Crippen LogP contribution in [0.2, 0.25) is 0 Å². The number of likely N-dealkylation sites (N-methyl/N-ethyl adjacent to an activating group) is 1. The molecule has 0 radical (unpaired) electrons. The fourth-order valence-corrected chi connectivity index (χ4v) is 7.73. The number of amides is 1. The molecular weight excluding hydrogens is 780 g/mol. The van der Waals surface area contributed by atoms with Gasteiger partial charge in [0.25, 0.3) is 7.82 Å². The molecule has 0 fully saturated rings. The van der Waals surface area contributed by atoms with Crippen LogP contribution in [0.5, 0.6) is 0 Å². The second kappa shape index (κ2) is 32.8. The van der Waals surface area contributed by atoms with Crippen LogP contribution in [-0.2, 0) is 43.9 Å². The topological polar surface area (TPSA) is 140 Å². The number of nitrogens with zero attached hydrogens (tertiary/aromatic N) is 1. The largest absolute Gasteiger partial charge is 0.756 e. The summed E-state index contributed by atoms with van der Waals surface area (Å²) in [6, 6.07) is 14.3. The Morgan fingerprint density at radius 3 is 1.73 bits per heavy atom. The van der Waals surface area contributed by atoms with Crippen LogP contribution in [0.25, 0.3) is 10.8 Å². The number of quaternary nitrogens is 1. The third-order valence-corrected chi connectivity index (χ3v) is 11.7. The van der Waals surface area contributed by atoms with Gasteiger partial charge in [-0.3, -0.25) is 18.9 Å². The molecule has 0 saturated carbocycles. The predicted octanol–water partition coefficient (Wildman–Crippen LogP) is 10.5. The summed E-state index contributed by atoms with van der Waals surface area (Å²) in [5, 5.41) is 5.37. The Hall–Kier alpha value is -2.82. The zero-order chi connectivity index (χ0) is 43.7. The number of hydrogen-bond donors (Lipinski definition) is 1. The number of esters is 2. The first-order chi connectivity index (χ1) is 28.9. The Kier molecular flexibility index (Phi) is 29.2. The maximum absolute atomic E-state index is 12.7. The molecule has 12 heteroatoms. The van der Waals surface area contributed by atoms with E-state index in [4.69, 9.17) is 18.5 Å². The lowest BCUT2D eigenvalue weighted by molar-refractivity contribution is -0.870. The molecule has 0 saturated heterocycles. The van der Waals surface area contributed by atoms with E-state index in [1.54, 1.807) is 0 Å². The molecule has 0 aliphatic heterocycles. The molecule has 1 amide bonds. The van der Waals surface area contributed by atoms with Crippen molar-refractivity contribution in [1.82, 2.24) is 5.32 Å². The smallest absolute Gasteiger partial charge is 0.306 e. The molecule has 11 nitrogen and oxygen atoms in total. The summed E-state index contributed by atoms with van der Waals surface area (Å²) in [6.07, 6.45) is 24.6. The van der Waals surface area contributed by atoms with Crippen LogP contribution in [0.4, 0.5) is 0 Å². The van der Waals surface area contributed by atoms with E-state index in [1.807, 2.05) is 39.3 Å². The van der Waals surface area contributed by atoms with Gasteiger partial charge in [-0.2, -0.15) is 0 Å². The molecule has 2 aromatic carbocycles. The first-order valence-electron chi connectivity index (χ1n) is 23.4. The van der Waals surface area contributed by atoms with Crippen molar-refractivity contribution in [2.24, 2.45) is 0 Å². The van der Waals surface area contributed by atoms with E-state index < -0.39 is 32.5 Å². The van der Waals surface area contributed by atoms with E-state index in [9.17, 15) is 23.8 Å². The van der Waals surface area contributed by atoms with Gasteiger partial charge in [0.1, 0.15) is 19.8 Å². The average Bonchev–Trinajstić information content (AvgIpc) is 3.20. The quantitative estimate of drug-likeness (QED) is 0.0302. The van der Waals surface area contributed by atoms with Crippen molar-refractivity contribution in [3.63, 3.8) is 0 Å². The molecule has 2 rings (SSSR count). The number of phosphoric acid groups is 1. The number of carbonyl (C=O) groups excluding carboxylic acids is 3. The lowest BCUT2D eigenvalue weighted by atomic mass is 10.0. The summed E-state index contributed by atoms with van der Waals surface area (Å²) in [5.41, 5.74) is 1.02. The Morgan fingerprint density at radius 2 is 1.17 bits per heavy atom. The summed E-state index contributed by atoms with van der Waals surface area (Å²) in [4.78, 5) is 50.0. The van der Waals surface area contributed by atoms with Crippen LogP contribution >= 0.6 is 7.82 Å². The van der Waals surface area contributed by atoms with Gasteiger partial charge in [0, 0.05) is 19.4 Å². The second-order valence-corrected chi connectivity index (χ2v) is 18.9. The number of ether oxygens (including phenoxy) is 2. The standard InChI is InChI=1S/C48H81N2O9P/c1-5-6-7-8-9-10-11-12-13-15-18-21-24-31-47(52)56-40-45(41-58-60(54,55)57-37-36-50(2,3)4)59-48(53)32-25-22-19-16-14-17-20-23-28-35-49-46(51)39-42-33-34-43-29-26-27-30-44(43)38-42/h26-27,29-30,33-34,38,45H,5-25,28,31-32,35-37,39-41H2,1-4H3,(H-,49,51,54,55)/t45-/m1/s1. The van der Waals surface area contributed by atoms with Gasteiger partial charge in [-0.25, -0.2) is 0 Å². The van der Waals surface area contributed by atoms with Crippen LogP contribution in [0.1, 0.15) is 167 Å². The SMILES string of the molecule is CCCCCCCCCCCCCCCC(=O)OC[C@H](COP(=O)([O-])OCC[N+](C)(C)C)OC(=O)CCCCCCCCCCCNC(=O)Cc1ccc2ccccc2c1. The number of benzene rings is 2. The van der Waals surface area contributed by atoms with E-state index in [-0.39, 0.29) is 32.0 Å². The van der Waals surface area contributed by atoms with E-state index in [0.717, 1.165) is 81.6 Å². The van der Waals surface area contributed by atoms with Crippen molar-refractivity contribution in [3.05, 3.63) is 48.0 Å². The van der Waals surface area contributed by atoms with Crippen LogP contribution in [0.15, 0.2) is 42.5 Å². The summed E-state index contributed by atoms with van der Waals surface area (Å²) in [7, 11) is 1.12. The van der Waals surface area contributed by atoms with Gasteiger partial charge >= 0.3 is 11.9 Å². The molecule has 60 heavy (non-hydrogen) atoms. The summed E-state index contributed by atoms with van der Waals surface area (Å²) in [6.45, 7) is 2.59. The van der Waals surface area contributed by atoms with Gasteiger partial charge < -0.3 is 33.2 Å². The van der Waals surface area contributed by atoms with Crippen molar-refractivity contribution in [1.29, 1.82) is 0 Å². The lowest BCUT2D eigenvalue weighted by Gasteiger charge is -2.28. The molecule has 1 N–H and O–H groups in total. The van der Waals surface area contributed by atoms with Crippen LogP contribution in [-0.4, -0.2) is 82.5 Å². The maximum Gasteiger partial charge on any atom is 0.306 e. The highest BCUT2D eigenvalue weighted by molar-refractivity contribution is 7.45. The van der Waals surface area contributed by atoms with Gasteiger partial charge in [-0.1, -0.05) is 171 Å². The molecule has 0 aliphatic carbocycles. The first-order valence-corrected chi connectivity index (χ1v) is 24.8. The highest BCUT2D eigenvalue weighted by Gasteiger charge is 2.22. The lowest BCUT2D eigenvalue weighted by Crippen LogP contribution is -2.37. The summed E-state index contributed by atoms with van der Waals surface area (Å²) >= 11 is 0. The van der Waals surface area contributed by atoms with Gasteiger partial charge in [0.05, 0.1) is 34.2 Å². The van der Waals surface area contributed by atoms with E-state index in [1.165, 1.54) is 69.6 Å². The molecule has 1 unspecified atom stereocenters. The van der Waals surface area contributed by atoms with Gasteiger partial charge in [0.2, 0.25) is 5.91 Å². The van der Waals surface area contributed by atoms with Crippen LogP contribution in [0.3, 0.4) is 0 Å². The summed E-state index contributed by atoms with van der Waals surface area (Å²) < 4.78 is 33.9. The number of phosphoric ester groups is 1. The fraction of sp³-hybridized carbons (Fsp3) is 0.729. The van der Waals surface area contributed by atoms with Crippen LogP contribution < -0.4 is 10.2 Å². The maximum atomic E-state index is 12.7. The third kappa shape index (κ3) is 29.4. The fourth-order valence-electron chi connectivity index (χ4n) is 7.00. The Bertz CT molecular complexity index is 1500. The zero-order valence-electron chi connectivity index (χ0n) is 37.9. The highest BCUT2D eigenvalue weighted by atomic mass is 31.2. The number of unbranched alkanes of at least 4 members (excludes halogenated alkanes) is 20. The van der Waals surface area contributed by atoms with Crippen molar-refractivity contribution < 1.29 is 46.8 Å². The van der Waals surface area contributed by atoms with Crippen molar-refractivity contribution in [3.8, 4) is 0 Å². The van der Waals surface area contributed by atoms with E-state index in [2.05, 4.69) is 36.5 Å². The molecule has 0 bridgehead atoms. The second-order valence-electron chi connectivity index (χ2n) is 17.5. The van der Waals surface area contributed by atoms with Gasteiger partial charge in [0.15, 0.2) is 6.10 Å². The molecule has 0 spiro atoms. The minimum atomic E-state index is -4.65. The number of rotatable bonds is 38. The minimum Gasteiger partial charge on any atom is -0.756 e. The average molecular weight is 861 g/mol. The minimum absolute atomic E-state index is 0.0453. The van der Waals surface area contributed by atoms with E-state index in [0.29, 0.717) is 30.4 Å². The van der Waals surface area contributed by atoms with E-state index >= 15 is 0 Å².